The zero-order valence-corrected chi connectivity index (χ0v) is 11.5. The van der Waals surface area contributed by atoms with Crippen LogP contribution in [-0.2, 0) is 11.2 Å². The van der Waals surface area contributed by atoms with Gasteiger partial charge in [0, 0.05) is 0 Å². The Labute approximate surface area is 108 Å². The van der Waals surface area contributed by atoms with Crippen LogP contribution in [0.3, 0.4) is 0 Å². The number of phenols is 1. The van der Waals surface area contributed by atoms with Crippen LogP contribution in [0.25, 0.3) is 0 Å². The number of phenolic OH excluding ortho intramolecular Hbond substituents is 1. The molecule has 94 valence electrons. The van der Waals surface area contributed by atoms with Gasteiger partial charge < -0.3 is 14.9 Å². The van der Waals surface area contributed by atoms with Gasteiger partial charge in [0.25, 0.3) is 0 Å². The van der Waals surface area contributed by atoms with E-state index >= 15 is 0 Å². The summed E-state index contributed by atoms with van der Waals surface area (Å²) >= 11 is 3.25. The van der Waals surface area contributed by atoms with Gasteiger partial charge in [-0.1, -0.05) is 6.07 Å². The Kier molecular flexibility index (Phi) is 4.03. The fraction of sp³-hybridized carbons (Fsp3) is 0.417. The predicted octanol–water partition coefficient (Wildman–Crippen LogP) is 2.82. The second-order valence-corrected chi connectivity index (χ2v) is 5.31. The fourth-order valence-electron chi connectivity index (χ4n) is 1.48. The van der Waals surface area contributed by atoms with Crippen LogP contribution >= 0.6 is 15.9 Å². The number of aromatic hydroxyl groups is 1. The summed E-state index contributed by atoms with van der Waals surface area (Å²) in [6.07, 6.45) is 0.234. The molecule has 0 aliphatic heterocycles. The lowest BCUT2D eigenvalue weighted by Crippen LogP contribution is -2.26. The maximum Gasteiger partial charge on any atom is 0.309 e. The van der Waals surface area contributed by atoms with E-state index in [9.17, 15) is 9.90 Å². The highest BCUT2D eigenvalue weighted by molar-refractivity contribution is 9.10. The molecule has 1 aromatic rings. The normalized spacial score (nSPS) is 11.3. The van der Waals surface area contributed by atoms with Crippen LogP contribution in [0.15, 0.2) is 16.6 Å². The molecule has 0 spiro atoms. The molecule has 0 bridgehead atoms. The molecule has 17 heavy (non-hydrogen) atoms. The Morgan fingerprint density at radius 1 is 1.47 bits per heavy atom. The summed E-state index contributed by atoms with van der Waals surface area (Å²) in [5.74, 6) is -0.598. The highest BCUT2D eigenvalue weighted by Gasteiger charge is 2.29. The first-order valence-electron chi connectivity index (χ1n) is 5.07. The van der Waals surface area contributed by atoms with Crippen LogP contribution in [0.5, 0.6) is 11.5 Å². The lowest BCUT2D eigenvalue weighted by Gasteiger charge is -2.20. The van der Waals surface area contributed by atoms with Crippen LogP contribution in [0.2, 0.25) is 0 Å². The lowest BCUT2D eigenvalue weighted by atomic mass is 9.85. The molecule has 4 nitrogen and oxygen atoms in total. The molecule has 0 radical (unpaired) electrons. The third kappa shape index (κ3) is 2.91. The number of carbonyl (C=O) groups is 1. The van der Waals surface area contributed by atoms with Gasteiger partial charge in [-0.25, -0.2) is 0 Å². The van der Waals surface area contributed by atoms with Crippen molar-refractivity contribution < 1.29 is 19.7 Å². The number of carboxylic acid groups (broad SMARTS) is 1. The van der Waals surface area contributed by atoms with Gasteiger partial charge in [-0.05, 0) is 47.8 Å². The second-order valence-electron chi connectivity index (χ2n) is 4.45. The average molecular weight is 303 g/mol. The molecule has 0 aliphatic rings. The minimum atomic E-state index is -0.934. The van der Waals surface area contributed by atoms with E-state index < -0.39 is 11.4 Å². The molecule has 1 rings (SSSR count). The van der Waals surface area contributed by atoms with Crippen molar-refractivity contribution in [3.8, 4) is 11.5 Å². The molecule has 0 aliphatic carbocycles. The molecule has 0 saturated heterocycles. The lowest BCUT2D eigenvalue weighted by molar-refractivity contribution is -0.146. The number of ether oxygens (including phenoxy) is 1. The zero-order chi connectivity index (χ0) is 13.2. The monoisotopic (exact) mass is 302 g/mol. The van der Waals surface area contributed by atoms with Gasteiger partial charge in [0.1, 0.15) is 0 Å². The van der Waals surface area contributed by atoms with Crippen LogP contribution in [-0.4, -0.2) is 23.3 Å². The van der Waals surface area contributed by atoms with Gasteiger partial charge in [0.2, 0.25) is 0 Å². The van der Waals surface area contributed by atoms with E-state index in [1.54, 1.807) is 26.0 Å². The Balaban J connectivity index is 3.13. The number of methoxy groups -OCH3 is 1. The number of hydrogen-bond acceptors (Lipinski definition) is 3. The van der Waals surface area contributed by atoms with Gasteiger partial charge in [-0.15, -0.1) is 0 Å². The maximum absolute atomic E-state index is 11.0. The first-order chi connectivity index (χ1) is 7.79. The molecule has 0 fully saturated rings. The van der Waals surface area contributed by atoms with Crippen molar-refractivity contribution in [2.75, 3.05) is 7.11 Å². The van der Waals surface area contributed by atoms with E-state index in [1.807, 2.05) is 0 Å². The molecule has 0 atom stereocenters. The van der Waals surface area contributed by atoms with E-state index in [2.05, 4.69) is 15.9 Å². The summed E-state index contributed by atoms with van der Waals surface area (Å²) in [4.78, 5) is 11.0. The molecule has 1 aromatic carbocycles. The summed E-state index contributed by atoms with van der Waals surface area (Å²) in [6.45, 7) is 3.23. The number of rotatable bonds is 4. The van der Waals surface area contributed by atoms with Crippen LogP contribution < -0.4 is 4.74 Å². The minimum absolute atomic E-state index is 0.0174. The van der Waals surface area contributed by atoms with E-state index in [0.29, 0.717) is 15.8 Å². The van der Waals surface area contributed by atoms with Crippen molar-refractivity contribution in [1.82, 2.24) is 0 Å². The van der Waals surface area contributed by atoms with Crippen molar-refractivity contribution in [2.45, 2.75) is 20.3 Å². The van der Waals surface area contributed by atoms with Crippen molar-refractivity contribution in [1.29, 1.82) is 0 Å². The zero-order valence-electron chi connectivity index (χ0n) is 9.95. The molecule has 0 saturated carbocycles. The topological polar surface area (TPSA) is 66.8 Å². The summed E-state index contributed by atoms with van der Waals surface area (Å²) < 4.78 is 5.68. The number of aliphatic carboxylic acids is 1. The van der Waals surface area contributed by atoms with Crippen LogP contribution in [0, 0.1) is 5.41 Å². The molecule has 0 aromatic heterocycles. The average Bonchev–Trinajstić information content (AvgIpc) is 2.23. The minimum Gasteiger partial charge on any atom is -0.504 e. The third-order valence-electron chi connectivity index (χ3n) is 2.58. The molecular weight excluding hydrogens is 288 g/mol. The Morgan fingerprint density at radius 3 is 2.53 bits per heavy atom. The van der Waals surface area contributed by atoms with Crippen LogP contribution in [0.4, 0.5) is 0 Å². The molecule has 0 heterocycles. The molecule has 0 amide bonds. The summed E-state index contributed by atoms with van der Waals surface area (Å²) in [7, 11) is 1.45. The van der Waals surface area contributed by atoms with Gasteiger partial charge in [-0.2, -0.15) is 0 Å². The number of benzene rings is 1. The summed E-state index contributed by atoms with van der Waals surface area (Å²) in [6, 6.07) is 3.42. The number of hydrogen-bond donors (Lipinski definition) is 2. The predicted molar refractivity (Wildman–Crippen MR) is 67.5 cm³/mol. The first-order valence-corrected chi connectivity index (χ1v) is 5.86. The highest BCUT2D eigenvalue weighted by atomic mass is 79.9. The number of halogens is 1. The van der Waals surface area contributed by atoms with E-state index in [0.717, 1.165) is 0 Å². The molecule has 2 N–H and O–H groups in total. The first kappa shape index (κ1) is 13.8. The van der Waals surface area contributed by atoms with Crippen molar-refractivity contribution in [3.63, 3.8) is 0 Å². The largest absolute Gasteiger partial charge is 0.504 e. The third-order valence-corrected chi connectivity index (χ3v) is 3.21. The van der Waals surface area contributed by atoms with Crippen molar-refractivity contribution >= 4 is 21.9 Å². The molecule has 5 heteroatoms. The maximum atomic E-state index is 11.0. The quantitative estimate of drug-likeness (QED) is 0.897. The van der Waals surface area contributed by atoms with Crippen molar-refractivity contribution in [3.05, 3.63) is 22.2 Å². The van der Waals surface area contributed by atoms with Gasteiger partial charge >= 0.3 is 5.97 Å². The Hall–Kier alpha value is -1.23. The van der Waals surface area contributed by atoms with Crippen LogP contribution in [0.1, 0.15) is 19.4 Å². The van der Waals surface area contributed by atoms with Gasteiger partial charge in [0.05, 0.1) is 17.0 Å². The molecular formula is C12H15BrO4. The van der Waals surface area contributed by atoms with E-state index in [4.69, 9.17) is 9.84 Å². The summed E-state index contributed by atoms with van der Waals surface area (Å²) in [5, 5.41) is 19.0. The fourth-order valence-corrected chi connectivity index (χ4v) is 1.96. The number of carboxylic acids is 1. The van der Waals surface area contributed by atoms with E-state index in [1.165, 1.54) is 7.11 Å². The summed E-state index contributed by atoms with van der Waals surface area (Å²) in [5.41, 5.74) is -0.381. The SMILES string of the molecule is COc1c(Br)ccc(CC(C)(C)C(=O)O)c1O. The standard InChI is InChI=1S/C12H15BrO4/c1-12(2,11(15)16)6-7-4-5-8(13)10(17-3)9(7)14/h4-5,14H,6H2,1-3H3,(H,15,16). The highest BCUT2D eigenvalue weighted by Crippen LogP contribution is 2.39. The smallest absolute Gasteiger partial charge is 0.309 e. The Morgan fingerprint density at radius 2 is 2.06 bits per heavy atom. The Bertz CT molecular complexity index is 440. The second kappa shape index (κ2) is 4.96. The van der Waals surface area contributed by atoms with E-state index in [-0.39, 0.29) is 12.2 Å². The van der Waals surface area contributed by atoms with Crippen molar-refractivity contribution in [2.24, 2.45) is 5.41 Å². The van der Waals surface area contributed by atoms with Gasteiger partial charge in [-0.3, -0.25) is 4.79 Å². The van der Waals surface area contributed by atoms with Gasteiger partial charge in [0.15, 0.2) is 11.5 Å². The molecule has 0 unspecified atom stereocenters.